The number of nitrogens with two attached hydrogens (primary N) is 1. The number of carbonyl (C=O) groups is 1. The lowest BCUT2D eigenvalue weighted by Gasteiger charge is -2.17. The highest BCUT2D eigenvalue weighted by Gasteiger charge is 2.16. The second-order valence-corrected chi connectivity index (χ2v) is 4.57. The van der Waals surface area contributed by atoms with Crippen molar-refractivity contribution in [2.75, 3.05) is 19.3 Å². The molecule has 1 heterocycles. The molecule has 0 bridgehead atoms. The van der Waals surface area contributed by atoms with Crippen LogP contribution in [-0.2, 0) is 6.42 Å². The van der Waals surface area contributed by atoms with Gasteiger partial charge in [-0.1, -0.05) is 0 Å². The van der Waals surface area contributed by atoms with E-state index in [4.69, 9.17) is 5.73 Å². The number of benzene rings is 1. The highest BCUT2D eigenvalue weighted by atomic mass is 19.1. The monoisotopic (exact) mass is 273 g/mol. The summed E-state index contributed by atoms with van der Waals surface area (Å²) in [5.74, 6) is -0.942. The quantitative estimate of drug-likeness (QED) is 0.868. The van der Waals surface area contributed by atoms with Crippen LogP contribution >= 0.6 is 0 Å². The molecule has 1 amide bonds. The van der Waals surface area contributed by atoms with Crippen LogP contribution < -0.4 is 5.73 Å². The fraction of sp³-hybridized carbons (Fsp3) is 0.200. The predicted molar refractivity (Wildman–Crippen MR) is 75.7 cm³/mol. The molecule has 0 radical (unpaired) electrons. The fourth-order valence-corrected chi connectivity index (χ4v) is 1.86. The second kappa shape index (κ2) is 6.14. The summed E-state index contributed by atoms with van der Waals surface area (Å²) in [6.45, 7) is 0.507. The molecule has 0 spiro atoms. The summed E-state index contributed by atoms with van der Waals surface area (Å²) in [6, 6.07) is 7.87. The molecular formula is C15H16FN3O. The normalized spacial score (nSPS) is 10.3. The van der Waals surface area contributed by atoms with Crippen LogP contribution in [0.1, 0.15) is 15.9 Å². The van der Waals surface area contributed by atoms with Gasteiger partial charge < -0.3 is 10.6 Å². The molecule has 2 N–H and O–H groups in total. The first kappa shape index (κ1) is 14.0. The van der Waals surface area contributed by atoms with Crippen molar-refractivity contribution in [2.24, 2.45) is 0 Å². The zero-order chi connectivity index (χ0) is 14.5. The van der Waals surface area contributed by atoms with E-state index in [0.29, 0.717) is 18.7 Å². The average molecular weight is 273 g/mol. The molecule has 2 aromatic rings. The van der Waals surface area contributed by atoms with Crippen LogP contribution in [0.5, 0.6) is 0 Å². The molecule has 0 aliphatic heterocycles. The number of anilines is 1. The number of nitrogens with zero attached hydrogens (tertiary/aromatic N) is 2. The Bertz CT molecular complexity index is 601. The van der Waals surface area contributed by atoms with E-state index in [1.807, 2.05) is 12.1 Å². The molecule has 1 aromatic heterocycles. The maximum absolute atomic E-state index is 13.7. The number of carbonyl (C=O) groups excluding carboxylic acids is 1. The first-order valence-electron chi connectivity index (χ1n) is 6.27. The van der Waals surface area contributed by atoms with E-state index in [-0.39, 0.29) is 11.5 Å². The average Bonchev–Trinajstić information content (AvgIpc) is 2.45. The van der Waals surface area contributed by atoms with E-state index >= 15 is 0 Å². The summed E-state index contributed by atoms with van der Waals surface area (Å²) >= 11 is 0. The van der Waals surface area contributed by atoms with Crippen LogP contribution in [0.25, 0.3) is 0 Å². The number of pyridine rings is 1. The van der Waals surface area contributed by atoms with Crippen molar-refractivity contribution >= 4 is 11.6 Å². The number of hydrogen-bond donors (Lipinski definition) is 1. The maximum Gasteiger partial charge on any atom is 0.256 e. The molecule has 0 fully saturated rings. The van der Waals surface area contributed by atoms with E-state index in [1.54, 1.807) is 19.4 Å². The van der Waals surface area contributed by atoms with Gasteiger partial charge in [-0.05, 0) is 42.3 Å². The fourth-order valence-electron chi connectivity index (χ4n) is 1.86. The van der Waals surface area contributed by atoms with E-state index in [2.05, 4.69) is 4.98 Å². The largest absolute Gasteiger partial charge is 0.399 e. The SMILES string of the molecule is CN(CCc1ccncc1)C(=O)c1ccc(N)cc1F. The zero-order valence-corrected chi connectivity index (χ0v) is 11.2. The third-order valence-electron chi connectivity index (χ3n) is 3.06. The van der Waals surface area contributed by atoms with Crippen molar-refractivity contribution in [2.45, 2.75) is 6.42 Å². The van der Waals surface area contributed by atoms with Crippen LogP contribution in [0, 0.1) is 5.82 Å². The Labute approximate surface area is 117 Å². The van der Waals surface area contributed by atoms with E-state index in [1.165, 1.54) is 17.0 Å². The Kier molecular flexibility index (Phi) is 4.30. The van der Waals surface area contributed by atoms with Crippen molar-refractivity contribution in [3.05, 3.63) is 59.7 Å². The van der Waals surface area contributed by atoms with Crippen molar-refractivity contribution in [3.63, 3.8) is 0 Å². The molecule has 1 aromatic carbocycles. The number of nitrogen functional groups attached to an aromatic ring is 1. The van der Waals surface area contributed by atoms with Crippen molar-refractivity contribution < 1.29 is 9.18 Å². The topological polar surface area (TPSA) is 59.2 Å². The lowest BCUT2D eigenvalue weighted by Crippen LogP contribution is -2.29. The van der Waals surface area contributed by atoms with Gasteiger partial charge in [0, 0.05) is 31.7 Å². The third-order valence-corrected chi connectivity index (χ3v) is 3.06. The van der Waals surface area contributed by atoms with Crippen LogP contribution in [0.4, 0.5) is 10.1 Å². The van der Waals surface area contributed by atoms with Gasteiger partial charge in [0.15, 0.2) is 0 Å². The molecule has 0 aliphatic carbocycles. The van der Waals surface area contributed by atoms with Gasteiger partial charge in [0.1, 0.15) is 5.82 Å². The molecule has 2 rings (SSSR count). The Balaban J connectivity index is 2.01. The van der Waals surface area contributed by atoms with Gasteiger partial charge in [-0.3, -0.25) is 9.78 Å². The lowest BCUT2D eigenvalue weighted by atomic mass is 10.1. The van der Waals surface area contributed by atoms with Crippen molar-refractivity contribution in [1.29, 1.82) is 0 Å². The molecule has 0 aliphatic rings. The Morgan fingerprint density at radius 1 is 1.30 bits per heavy atom. The second-order valence-electron chi connectivity index (χ2n) is 4.57. The summed E-state index contributed by atoms with van der Waals surface area (Å²) in [5, 5.41) is 0. The van der Waals surface area contributed by atoms with Crippen LogP contribution in [0.2, 0.25) is 0 Å². The van der Waals surface area contributed by atoms with Gasteiger partial charge in [-0.25, -0.2) is 4.39 Å². The minimum absolute atomic E-state index is 0.0384. The number of aromatic nitrogens is 1. The van der Waals surface area contributed by atoms with Crippen molar-refractivity contribution in [3.8, 4) is 0 Å². The van der Waals surface area contributed by atoms with E-state index in [9.17, 15) is 9.18 Å². The first-order chi connectivity index (χ1) is 9.58. The molecule has 0 unspecified atom stereocenters. The minimum atomic E-state index is -0.592. The van der Waals surface area contributed by atoms with E-state index in [0.717, 1.165) is 11.6 Å². The van der Waals surface area contributed by atoms with E-state index < -0.39 is 5.82 Å². The highest BCUT2D eigenvalue weighted by Crippen LogP contribution is 2.14. The molecule has 104 valence electrons. The molecule has 5 heteroatoms. The molecule has 4 nitrogen and oxygen atoms in total. The van der Waals surface area contributed by atoms with Gasteiger partial charge >= 0.3 is 0 Å². The smallest absolute Gasteiger partial charge is 0.256 e. The van der Waals surface area contributed by atoms with Crippen LogP contribution in [0.15, 0.2) is 42.7 Å². The minimum Gasteiger partial charge on any atom is -0.399 e. The van der Waals surface area contributed by atoms with Crippen molar-refractivity contribution in [1.82, 2.24) is 9.88 Å². The predicted octanol–water partition coefficient (Wildman–Crippen LogP) is 2.12. The summed E-state index contributed by atoms with van der Waals surface area (Å²) in [5.41, 5.74) is 6.89. The van der Waals surface area contributed by atoms with Gasteiger partial charge in [-0.15, -0.1) is 0 Å². The summed E-state index contributed by atoms with van der Waals surface area (Å²) < 4.78 is 13.7. The molecule has 0 saturated carbocycles. The third kappa shape index (κ3) is 3.32. The zero-order valence-electron chi connectivity index (χ0n) is 11.2. The summed E-state index contributed by atoms with van der Waals surface area (Å²) in [4.78, 5) is 17.6. The highest BCUT2D eigenvalue weighted by molar-refractivity contribution is 5.94. The van der Waals surface area contributed by atoms with Gasteiger partial charge in [-0.2, -0.15) is 0 Å². The lowest BCUT2D eigenvalue weighted by molar-refractivity contribution is 0.0792. The summed E-state index contributed by atoms with van der Waals surface area (Å²) in [6.07, 6.45) is 4.11. The standard InChI is InChI=1S/C15H16FN3O/c1-19(9-6-11-4-7-18-8-5-11)15(20)13-3-2-12(17)10-14(13)16/h2-5,7-8,10H,6,9,17H2,1H3. The first-order valence-corrected chi connectivity index (χ1v) is 6.27. The number of amides is 1. The van der Waals surface area contributed by atoms with Crippen LogP contribution in [-0.4, -0.2) is 29.4 Å². The molecule has 0 saturated heterocycles. The number of likely N-dealkylation sites (N-methyl/N-ethyl adjacent to an activating group) is 1. The molecule has 20 heavy (non-hydrogen) atoms. The summed E-state index contributed by atoms with van der Waals surface area (Å²) in [7, 11) is 1.65. The van der Waals surface area contributed by atoms with Gasteiger partial charge in [0.05, 0.1) is 5.56 Å². The Morgan fingerprint density at radius 3 is 2.65 bits per heavy atom. The Morgan fingerprint density at radius 2 is 2.00 bits per heavy atom. The van der Waals surface area contributed by atoms with Gasteiger partial charge in [0.25, 0.3) is 5.91 Å². The number of hydrogen-bond acceptors (Lipinski definition) is 3. The Hall–Kier alpha value is -2.43. The number of halogens is 1. The van der Waals surface area contributed by atoms with Gasteiger partial charge in [0.2, 0.25) is 0 Å². The maximum atomic E-state index is 13.7. The number of rotatable bonds is 4. The van der Waals surface area contributed by atoms with Crippen LogP contribution in [0.3, 0.4) is 0 Å². The molecular weight excluding hydrogens is 257 g/mol. The molecule has 0 atom stereocenters.